The Hall–Kier alpha value is -2.27. The zero-order valence-corrected chi connectivity index (χ0v) is 10.7. The number of nitrogen functional groups attached to an aromatic ring is 1. The number of hydrogen-bond donors (Lipinski definition) is 2. The molecule has 10 nitrogen and oxygen atoms in total. The van der Waals surface area contributed by atoms with Crippen LogP contribution < -0.4 is 11.3 Å². The number of nitrogens with zero attached hydrogens (tertiary/aromatic N) is 6. The molecule has 0 unspecified atom stereocenters. The number of anilines is 1. The molecule has 0 saturated heterocycles. The lowest BCUT2D eigenvalue weighted by atomic mass is 10.8. The van der Waals surface area contributed by atoms with Crippen LogP contribution in [-0.2, 0) is 9.53 Å². The van der Waals surface area contributed by atoms with Gasteiger partial charge in [0.1, 0.15) is 12.7 Å². The Bertz CT molecular complexity index is 560. The average molecular weight is 282 g/mol. The summed E-state index contributed by atoms with van der Waals surface area (Å²) in [6.07, 6.45) is 2.78. The topological polar surface area (TPSA) is 134 Å². The van der Waals surface area contributed by atoms with Crippen LogP contribution >= 0.6 is 11.8 Å². The molecule has 0 amide bonds. The first-order valence-electron chi connectivity index (χ1n) is 5.00. The molecule has 0 atom stereocenters. The van der Waals surface area contributed by atoms with Gasteiger partial charge in [0, 0.05) is 0 Å². The predicted molar refractivity (Wildman–Crippen MR) is 65.3 cm³/mol. The van der Waals surface area contributed by atoms with E-state index in [4.69, 9.17) is 5.84 Å². The fourth-order valence-corrected chi connectivity index (χ4v) is 1.73. The highest BCUT2D eigenvalue weighted by molar-refractivity contribution is 7.99. The highest BCUT2D eigenvalue weighted by Crippen LogP contribution is 2.15. The molecule has 0 aliphatic heterocycles. The summed E-state index contributed by atoms with van der Waals surface area (Å²) in [4.78, 5) is 27.0. The van der Waals surface area contributed by atoms with E-state index in [-0.39, 0.29) is 23.6 Å². The summed E-state index contributed by atoms with van der Waals surface area (Å²) in [5.74, 6) is 5.38. The maximum atomic E-state index is 11.1. The van der Waals surface area contributed by atoms with E-state index in [1.807, 2.05) is 0 Å². The molecular weight excluding hydrogens is 272 g/mol. The number of nitrogens with two attached hydrogens (primary N) is 1. The lowest BCUT2D eigenvalue weighted by Crippen LogP contribution is -2.14. The number of rotatable bonds is 5. The van der Waals surface area contributed by atoms with Crippen molar-refractivity contribution in [2.45, 2.75) is 5.16 Å². The van der Waals surface area contributed by atoms with Gasteiger partial charge in [-0.3, -0.25) is 10.2 Å². The molecular formula is C8H10N8O2S. The Labute approximate surface area is 111 Å². The zero-order valence-electron chi connectivity index (χ0n) is 9.85. The van der Waals surface area contributed by atoms with Crippen molar-refractivity contribution >= 4 is 23.7 Å². The minimum atomic E-state index is -0.380. The van der Waals surface area contributed by atoms with Crippen molar-refractivity contribution in [3.63, 3.8) is 0 Å². The van der Waals surface area contributed by atoms with Crippen molar-refractivity contribution in [2.24, 2.45) is 5.84 Å². The third-order valence-corrected chi connectivity index (χ3v) is 2.72. The smallest absolute Gasteiger partial charge is 0.316 e. The molecule has 3 N–H and O–H groups in total. The van der Waals surface area contributed by atoms with Crippen molar-refractivity contribution in [1.29, 1.82) is 0 Å². The highest BCUT2D eigenvalue weighted by atomic mass is 32.2. The van der Waals surface area contributed by atoms with Gasteiger partial charge in [-0.1, -0.05) is 11.8 Å². The van der Waals surface area contributed by atoms with Crippen molar-refractivity contribution < 1.29 is 9.53 Å². The minimum Gasteiger partial charge on any atom is -0.468 e. The Balaban J connectivity index is 2.23. The lowest BCUT2D eigenvalue weighted by Gasteiger charge is -2.05. The van der Waals surface area contributed by atoms with E-state index in [9.17, 15) is 4.79 Å². The maximum Gasteiger partial charge on any atom is 0.316 e. The van der Waals surface area contributed by atoms with Crippen LogP contribution in [0.15, 0.2) is 17.8 Å². The second-order valence-corrected chi connectivity index (χ2v) is 4.03. The molecule has 2 aromatic rings. The van der Waals surface area contributed by atoms with Crippen LogP contribution in [0, 0.1) is 0 Å². The van der Waals surface area contributed by atoms with Gasteiger partial charge >= 0.3 is 5.97 Å². The second-order valence-electron chi connectivity index (χ2n) is 3.09. The fourth-order valence-electron chi connectivity index (χ4n) is 1.07. The summed E-state index contributed by atoms with van der Waals surface area (Å²) in [7, 11) is 1.31. The molecule has 0 saturated carbocycles. The Morgan fingerprint density at radius 3 is 3.00 bits per heavy atom. The molecule has 0 aliphatic rings. The van der Waals surface area contributed by atoms with Gasteiger partial charge in [-0.2, -0.15) is 24.7 Å². The number of carbonyl (C=O) groups excluding carboxylic acids is 1. The summed E-state index contributed by atoms with van der Waals surface area (Å²) in [5.41, 5.74) is 2.32. The molecule has 0 aliphatic carbocycles. The van der Waals surface area contributed by atoms with Crippen LogP contribution in [0.4, 0.5) is 5.95 Å². The summed E-state index contributed by atoms with van der Waals surface area (Å²) < 4.78 is 5.88. The van der Waals surface area contributed by atoms with E-state index in [0.717, 1.165) is 11.8 Å². The second kappa shape index (κ2) is 6.06. The first-order valence-corrected chi connectivity index (χ1v) is 5.99. The monoisotopic (exact) mass is 282 g/mol. The molecule has 0 spiro atoms. The van der Waals surface area contributed by atoms with Crippen LogP contribution in [0.1, 0.15) is 0 Å². The van der Waals surface area contributed by atoms with Crippen molar-refractivity contribution in [3.05, 3.63) is 12.7 Å². The molecule has 2 rings (SSSR count). The first-order chi connectivity index (χ1) is 9.22. The van der Waals surface area contributed by atoms with E-state index < -0.39 is 0 Å². The number of methoxy groups -OCH3 is 1. The SMILES string of the molecule is COC(=O)CSc1nc(NN)nc(-n2cncn2)n1. The third-order valence-electron chi connectivity index (χ3n) is 1.90. The number of aromatic nitrogens is 6. The van der Waals surface area contributed by atoms with Crippen molar-refractivity contribution in [2.75, 3.05) is 18.3 Å². The molecule has 2 heterocycles. The summed E-state index contributed by atoms with van der Waals surface area (Å²) >= 11 is 1.10. The number of thioether (sulfide) groups is 1. The summed E-state index contributed by atoms with van der Waals surface area (Å²) in [6, 6.07) is 0. The van der Waals surface area contributed by atoms with Crippen LogP contribution in [0.3, 0.4) is 0 Å². The van der Waals surface area contributed by atoms with Crippen molar-refractivity contribution in [3.8, 4) is 5.95 Å². The van der Waals surface area contributed by atoms with E-state index in [1.54, 1.807) is 0 Å². The molecule has 0 radical (unpaired) electrons. The summed E-state index contributed by atoms with van der Waals surface area (Å²) in [5, 5.41) is 4.22. The van der Waals surface area contributed by atoms with Gasteiger partial charge in [-0.05, 0) is 0 Å². The first kappa shape index (κ1) is 13.2. The zero-order chi connectivity index (χ0) is 13.7. The van der Waals surface area contributed by atoms with Crippen LogP contribution in [0.25, 0.3) is 5.95 Å². The molecule has 2 aromatic heterocycles. The molecule has 0 fully saturated rings. The van der Waals surface area contributed by atoms with Gasteiger partial charge in [0.25, 0.3) is 5.95 Å². The van der Waals surface area contributed by atoms with Crippen LogP contribution in [0.2, 0.25) is 0 Å². The highest BCUT2D eigenvalue weighted by Gasteiger charge is 2.10. The molecule has 0 bridgehead atoms. The van der Waals surface area contributed by atoms with E-state index in [2.05, 4.69) is 35.2 Å². The normalized spacial score (nSPS) is 10.2. The predicted octanol–water partition coefficient (Wildman–Crippen LogP) is -0.997. The molecule has 11 heteroatoms. The number of esters is 1. The van der Waals surface area contributed by atoms with Gasteiger partial charge in [0.05, 0.1) is 12.9 Å². The number of ether oxygens (including phenoxy) is 1. The maximum absolute atomic E-state index is 11.1. The number of carbonyl (C=O) groups is 1. The minimum absolute atomic E-state index is 0.0846. The summed E-state index contributed by atoms with van der Waals surface area (Å²) in [6.45, 7) is 0. The number of hydrazine groups is 1. The van der Waals surface area contributed by atoms with Gasteiger partial charge in [-0.15, -0.1) is 0 Å². The van der Waals surface area contributed by atoms with Gasteiger partial charge < -0.3 is 4.74 Å². The van der Waals surface area contributed by atoms with E-state index >= 15 is 0 Å². The average Bonchev–Trinajstić information content (AvgIpc) is 2.98. The standard InChI is InChI=1S/C8H10N8O2S/c1-18-5(17)2-19-8-13-6(15-9)12-7(14-8)16-4-10-3-11-16/h3-4H,2,9H2,1H3,(H,12,13,14,15). The number of hydrogen-bond acceptors (Lipinski definition) is 10. The molecule has 100 valence electrons. The largest absolute Gasteiger partial charge is 0.468 e. The van der Waals surface area contributed by atoms with Gasteiger partial charge in [-0.25, -0.2) is 10.8 Å². The van der Waals surface area contributed by atoms with E-state index in [0.29, 0.717) is 5.16 Å². The lowest BCUT2D eigenvalue weighted by molar-refractivity contribution is -0.137. The third kappa shape index (κ3) is 3.35. The Morgan fingerprint density at radius 1 is 1.53 bits per heavy atom. The fraction of sp³-hybridized carbons (Fsp3) is 0.250. The molecule has 19 heavy (non-hydrogen) atoms. The number of nitrogens with one attached hydrogen (secondary N) is 1. The van der Waals surface area contributed by atoms with Gasteiger partial charge in [0.2, 0.25) is 5.95 Å². The van der Waals surface area contributed by atoms with Crippen LogP contribution in [0.5, 0.6) is 0 Å². The Morgan fingerprint density at radius 2 is 2.37 bits per heavy atom. The Kier molecular flexibility index (Phi) is 4.20. The molecule has 0 aromatic carbocycles. The quantitative estimate of drug-likeness (QED) is 0.304. The van der Waals surface area contributed by atoms with Gasteiger partial charge in [0.15, 0.2) is 5.16 Å². The van der Waals surface area contributed by atoms with Crippen molar-refractivity contribution in [1.82, 2.24) is 29.7 Å². The van der Waals surface area contributed by atoms with E-state index in [1.165, 1.54) is 24.4 Å². The van der Waals surface area contributed by atoms with Crippen LogP contribution in [-0.4, -0.2) is 48.5 Å².